The summed E-state index contributed by atoms with van der Waals surface area (Å²) in [6.45, 7) is 0.0754. The minimum absolute atomic E-state index is 0.379. The average Bonchev–Trinajstić information content (AvgIpc) is 2.20. The second kappa shape index (κ2) is 5.02. The second-order valence-corrected chi connectivity index (χ2v) is 2.75. The first kappa shape index (κ1) is 10.3. The van der Waals surface area contributed by atoms with E-state index in [4.69, 9.17) is 11.0 Å². The molecule has 3 N–H and O–H groups in total. The zero-order chi connectivity index (χ0) is 10.4. The zero-order valence-electron chi connectivity index (χ0n) is 7.63. The highest BCUT2D eigenvalue weighted by molar-refractivity contribution is 5.57. The molecule has 0 saturated heterocycles. The average molecular weight is 194 g/mol. The molecular formula is C9H11FN4. The Hall–Kier alpha value is -1.83. The minimum Gasteiger partial charge on any atom is -0.397 e. The van der Waals surface area contributed by atoms with Gasteiger partial charge in [-0.1, -0.05) is 0 Å². The molecule has 0 aromatic carbocycles. The fourth-order valence-corrected chi connectivity index (χ4v) is 0.981. The van der Waals surface area contributed by atoms with Gasteiger partial charge in [-0.2, -0.15) is 5.26 Å². The number of pyridine rings is 1. The zero-order valence-corrected chi connectivity index (χ0v) is 7.63. The summed E-state index contributed by atoms with van der Waals surface area (Å²) in [5.41, 5.74) is 6.28. The van der Waals surface area contributed by atoms with Gasteiger partial charge in [-0.25, -0.2) is 4.98 Å². The molecule has 14 heavy (non-hydrogen) atoms. The quantitative estimate of drug-likeness (QED) is 0.708. The van der Waals surface area contributed by atoms with Crippen molar-refractivity contribution in [2.24, 2.45) is 0 Å². The Labute approximate surface area is 81.6 Å². The van der Waals surface area contributed by atoms with Crippen LogP contribution < -0.4 is 11.1 Å². The smallest absolute Gasteiger partial charge is 0.144 e. The molecule has 1 aromatic rings. The standard InChI is InChI=1S/C9H11FN4/c10-2-1-3-13-9-7(5-11)4-8(12)6-14-9/h4,6H,1-3,12H2,(H,13,14). The Morgan fingerprint density at radius 2 is 2.43 bits per heavy atom. The highest BCUT2D eigenvalue weighted by Crippen LogP contribution is 2.13. The Bertz CT molecular complexity index is 345. The lowest BCUT2D eigenvalue weighted by Gasteiger charge is -2.05. The molecule has 1 aromatic heterocycles. The van der Waals surface area contributed by atoms with Gasteiger partial charge in [-0.15, -0.1) is 0 Å². The Morgan fingerprint density at radius 1 is 1.64 bits per heavy atom. The van der Waals surface area contributed by atoms with E-state index in [0.717, 1.165) is 0 Å². The van der Waals surface area contributed by atoms with E-state index in [0.29, 0.717) is 30.0 Å². The van der Waals surface area contributed by atoms with Crippen molar-refractivity contribution in [3.8, 4) is 6.07 Å². The molecule has 5 heteroatoms. The Balaban J connectivity index is 2.72. The van der Waals surface area contributed by atoms with Crippen molar-refractivity contribution in [2.45, 2.75) is 6.42 Å². The molecule has 0 spiro atoms. The van der Waals surface area contributed by atoms with Crippen LogP contribution in [0.15, 0.2) is 12.3 Å². The highest BCUT2D eigenvalue weighted by atomic mass is 19.1. The molecule has 0 aliphatic carbocycles. The molecule has 0 amide bonds. The van der Waals surface area contributed by atoms with Crippen LogP contribution in [0, 0.1) is 11.3 Å². The fourth-order valence-electron chi connectivity index (χ4n) is 0.981. The molecule has 0 bridgehead atoms. The van der Waals surface area contributed by atoms with Crippen molar-refractivity contribution in [3.05, 3.63) is 17.8 Å². The number of halogens is 1. The molecule has 0 radical (unpaired) electrons. The van der Waals surface area contributed by atoms with Gasteiger partial charge < -0.3 is 11.1 Å². The largest absolute Gasteiger partial charge is 0.397 e. The van der Waals surface area contributed by atoms with E-state index in [1.54, 1.807) is 0 Å². The van der Waals surface area contributed by atoms with Crippen LogP contribution in [-0.4, -0.2) is 18.2 Å². The maximum atomic E-state index is 11.8. The number of rotatable bonds is 4. The normalized spacial score (nSPS) is 9.43. The third kappa shape index (κ3) is 2.59. The highest BCUT2D eigenvalue weighted by Gasteiger charge is 2.02. The maximum Gasteiger partial charge on any atom is 0.144 e. The lowest BCUT2D eigenvalue weighted by molar-refractivity contribution is 0.481. The first-order valence-electron chi connectivity index (χ1n) is 4.23. The summed E-state index contributed by atoms with van der Waals surface area (Å²) in [6, 6.07) is 3.50. The van der Waals surface area contributed by atoms with E-state index in [-0.39, 0.29) is 6.67 Å². The van der Waals surface area contributed by atoms with Gasteiger partial charge in [0, 0.05) is 6.54 Å². The van der Waals surface area contributed by atoms with Gasteiger partial charge in [0.1, 0.15) is 11.9 Å². The van der Waals surface area contributed by atoms with Crippen molar-refractivity contribution < 1.29 is 4.39 Å². The van der Waals surface area contributed by atoms with Crippen LogP contribution in [0.2, 0.25) is 0 Å². The molecule has 0 unspecified atom stereocenters. The third-order valence-corrected chi connectivity index (χ3v) is 1.63. The van der Waals surface area contributed by atoms with Crippen LogP contribution in [0.4, 0.5) is 15.9 Å². The predicted molar refractivity (Wildman–Crippen MR) is 52.4 cm³/mol. The van der Waals surface area contributed by atoms with Crippen LogP contribution in [0.1, 0.15) is 12.0 Å². The van der Waals surface area contributed by atoms with Crippen LogP contribution in [0.25, 0.3) is 0 Å². The summed E-state index contributed by atoms with van der Waals surface area (Å²) >= 11 is 0. The number of hydrogen-bond donors (Lipinski definition) is 2. The molecule has 0 atom stereocenters. The van der Waals surface area contributed by atoms with Crippen LogP contribution in [-0.2, 0) is 0 Å². The van der Waals surface area contributed by atoms with E-state index < -0.39 is 0 Å². The molecule has 1 heterocycles. The summed E-state index contributed by atoms with van der Waals surface area (Å²) in [4.78, 5) is 3.94. The van der Waals surface area contributed by atoms with E-state index in [2.05, 4.69) is 10.3 Å². The Kier molecular flexibility index (Phi) is 3.68. The molecular weight excluding hydrogens is 183 g/mol. The number of aromatic nitrogens is 1. The van der Waals surface area contributed by atoms with Crippen LogP contribution in [0.5, 0.6) is 0 Å². The molecule has 0 fully saturated rings. The van der Waals surface area contributed by atoms with Crippen LogP contribution >= 0.6 is 0 Å². The van der Waals surface area contributed by atoms with Gasteiger partial charge >= 0.3 is 0 Å². The van der Waals surface area contributed by atoms with Gasteiger partial charge in [0.2, 0.25) is 0 Å². The summed E-state index contributed by atoms with van der Waals surface area (Å²) in [6.07, 6.45) is 1.86. The van der Waals surface area contributed by atoms with Gasteiger partial charge in [0.05, 0.1) is 24.1 Å². The summed E-state index contributed by atoms with van der Waals surface area (Å²) in [5, 5.41) is 11.6. The molecule has 0 aliphatic rings. The second-order valence-electron chi connectivity index (χ2n) is 2.75. The lowest BCUT2D eigenvalue weighted by Crippen LogP contribution is -2.06. The molecule has 4 nitrogen and oxygen atoms in total. The number of nitrogen functional groups attached to an aromatic ring is 1. The van der Waals surface area contributed by atoms with Crippen molar-refractivity contribution in [1.82, 2.24) is 4.98 Å². The first-order chi connectivity index (χ1) is 6.77. The number of nitrogens with two attached hydrogens (primary N) is 1. The number of nitriles is 1. The molecule has 1 rings (SSSR count). The first-order valence-corrected chi connectivity index (χ1v) is 4.23. The van der Waals surface area contributed by atoms with E-state index in [1.807, 2.05) is 6.07 Å². The summed E-state index contributed by atoms with van der Waals surface area (Å²) in [7, 11) is 0. The van der Waals surface area contributed by atoms with Gasteiger partial charge in [0.15, 0.2) is 0 Å². The van der Waals surface area contributed by atoms with E-state index in [1.165, 1.54) is 12.3 Å². The topological polar surface area (TPSA) is 74.7 Å². The van der Waals surface area contributed by atoms with Gasteiger partial charge in [0.25, 0.3) is 0 Å². The number of nitrogens with one attached hydrogen (secondary N) is 1. The lowest BCUT2D eigenvalue weighted by atomic mass is 10.2. The number of alkyl halides is 1. The maximum absolute atomic E-state index is 11.8. The third-order valence-electron chi connectivity index (χ3n) is 1.63. The van der Waals surface area contributed by atoms with Gasteiger partial charge in [-0.3, -0.25) is 4.39 Å². The van der Waals surface area contributed by atoms with Crippen molar-refractivity contribution >= 4 is 11.5 Å². The number of anilines is 2. The van der Waals surface area contributed by atoms with Crippen molar-refractivity contribution in [3.63, 3.8) is 0 Å². The minimum atomic E-state index is -0.385. The summed E-state index contributed by atoms with van der Waals surface area (Å²) < 4.78 is 11.8. The fraction of sp³-hybridized carbons (Fsp3) is 0.333. The SMILES string of the molecule is N#Cc1cc(N)cnc1NCCCF. The molecule has 0 saturated carbocycles. The monoisotopic (exact) mass is 194 g/mol. The predicted octanol–water partition coefficient (Wildman–Crippen LogP) is 1.31. The molecule has 74 valence electrons. The van der Waals surface area contributed by atoms with Gasteiger partial charge in [-0.05, 0) is 12.5 Å². The number of nitrogens with zero attached hydrogens (tertiary/aromatic N) is 2. The van der Waals surface area contributed by atoms with Crippen LogP contribution in [0.3, 0.4) is 0 Å². The Morgan fingerprint density at radius 3 is 3.07 bits per heavy atom. The summed E-state index contributed by atoms with van der Waals surface area (Å²) in [5.74, 6) is 0.454. The molecule has 0 aliphatic heterocycles. The van der Waals surface area contributed by atoms with Crippen molar-refractivity contribution in [2.75, 3.05) is 24.3 Å². The van der Waals surface area contributed by atoms with E-state index in [9.17, 15) is 4.39 Å². The number of hydrogen-bond acceptors (Lipinski definition) is 4. The van der Waals surface area contributed by atoms with E-state index >= 15 is 0 Å². The van der Waals surface area contributed by atoms with Crippen molar-refractivity contribution in [1.29, 1.82) is 5.26 Å².